The summed E-state index contributed by atoms with van der Waals surface area (Å²) in [6, 6.07) is 4.28. The van der Waals surface area contributed by atoms with Gasteiger partial charge in [0.25, 0.3) is 0 Å². The molecule has 0 saturated heterocycles. The minimum atomic E-state index is -0.452. The van der Waals surface area contributed by atoms with E-state index in [1.807, 2.05) is 0 Å². The third-order valence-electron chi connectivity index (χ3n) is 3.14. The van der Waals surface area contributed by atoms with Gasteiger partial charge in [-0.1, -0.05) is 12.1 Å². The fourth-order valence-corrected chi connectivity index (χ4v) is 1.66. The van der Waals surface area contributed by atoms with E-state index in [2.05, 4.69) is 38.2 Å². The van der Waals surface area contributed by atoms with Crippen molar-refractivity contribution in [2.24, 2.45) is 5.73 Å². The van der Waals surface area contributed by atoms with E-state index in [0.29, 0.717) is 13.1 Å². The Balaban J connectivity index is 2.58. The van der Waals surface area contributed by atoms with Crippen LogP contribution in [0.1, 0.15) is 22.3 Å². The maximum Gasteiger partial charge on any atom is 0.0786 e. The molecule has 0 bridgehead atoms. The molecular formula is C13H22N2O. The van der Waals surface area contributed by atoms with Crippen molar-refractivity contribution in [2.75, 3.05) is 13.1 Å². The van der Waals surface area contributed by atoms with E-state index in [-0.39, 0.29) is 0 Å². The van der Waals surface area contributed by atoms with E-state index in [4.69, 9.17) is 5.73 Å². The van der Waals surface area contributed by atoms with Crippen LogP contribution in [0, 0.1) is 20.8 Å². The molecule has 0 amide bonds. The van der Waals surface area contributed by atoms with Crippen LogP contribution < -0.4 is 11.1 Å². The van der Waals surface area contributed by atoms with Gasteiger partial charge in [0.05, 0.1) is 6.10 Å². The Morgan fingerprint density at radius 2 is 1.94 bits per heavy atom. The van der Waals surface area contributed by atoms with E-state index in [1.54, 1.807) is 0 Å². The molecule has 90 valence electrons. The van der Waals surface area contributed by atoms with Crippen molar-refractivity contribution in [3.63, 3.8) is 0 Å². The normalized spacial score (nSPS) is 12.8. The van der Waals surface area contributed by atoms with E-state index in [9.17, 15) is 5.11 Å². The van der Waals surface area contributed by atoms with Crippen LogP contribution in [-0.2, 0) is 6.54 Å². The molecule has 0 fully saturated rings. The highest BCUT2D eigenvalue weighted by Gasteiger charge is 2.04. The molecule has 3 heteroatoms. The van der Waals surface area contributed by atoms with Gasteiger partial charge in [-0.15, -0.1) is 0 Å². The van der Waals surface area contributed by atoms with Crippen LogP contribution in [0.5, 0.6) is 0 Å². The first-order valence-corrected chi connectivity index (χ1v) is 5.70. The van der Waals surface area contributed by atoms with Crippen molar-refractivity contribution in [3.05, 3.63) is 34.4 Å². The second-order valence-corrected chi connectivity index (χ2v) is 4.31. The van der Waals surface area contributed by atoms with Gasteiger partial charge < -0.3 is 16.2 Å². The highest BCUT2D eigenvalue weighted by molar-refractivity contribution is 5.38. The molecule has 4 N–H and O–H groups in total. The van der Waals surface area contributed by atoms with Crippen molar-refractivity contribution < 1.29 is 5.11 Å². The Kier molecular flexibility index (Phi) is 4.93. The number of hydrogen-bond donors (Lipinski definition) is 3. The van der Waals surface area contributed by atoms with Crippen LogP contribution in [0.25, 0.3) is 0 Å². The van der Waals surface area contributed by atoms with E-state index >= 15 is 0 Å². The molecule has 3 nitrogen and oxygen atoms in total. The van der Waals surface area contributed by atoms with Crippen molar-refractivity contribution in [2.45, 2.75) is 33.4 Å². The Hall–Kier alpha value is -0.900. The van der Waals surface area contributed by atoms with Gasteiger partial charge in [0.1, 0.15) is 0 Å². The second-order valence-electron chi connectivity index (χ2n) is 4.31. The number of hydrogen-bond acceptors (Lipinski definition) is 3. The molecular weight excluding hydrogens is 200 g/mol. The Morgan fingerprint density at radius 3 is 2.56 bits per heavy atom. The van der Waals surface area contributed by atoms with Crippen molar-refractivity contribution in [1.29, 1.82) is 0 Å². The number of aliphatic hydroxyl groups excluding tert-OH is 1. The summed E-state index contributed by atoms with van der Waals surface area (Å²) in [5, 5.41) is 12.5. The first-order chi connectivity index (χ1) is 7.56. The number of benzene rings is 1. The predicted octanol–water partition coefficient (Wildman–Crippen LogP) is 1.02. The molecule has 1 rings (SSSR count). The van der Waals surface area contributed by atoms with Gasteiger partial charge in [0.2, 0.25) is 0 Å². The van der Waals surface area contributed by atoms with Gasteiger partial charge in [0, 0.05) is 19.6 Å². The second kappa shape index (κ2) is 5.99. The number of rotatable bonds is 5. The van der Waals surface area contributed by atoms with Gasteiger partial charge in [-0.3, -0.25) is 0 Å². The molecule has 1 aromatic carbocycles. The zero-order valence-corrected chi connectivity index (χ0v) is 10.4. The number of aliphatic hydroxyl groups is 1. The smallest absolute Gasteiger partial charge is 0.0786 e. The average molecular weight is 222 g/mol. The molecule has 0 aliphatic rings. The van der Waals surface area contributed by atoms with Gasteiger partial charge in [-0.2, -0.15) is 0 Å². The molecule has 0 radical (unpaired) electrons. The summed E-state index contributed by atoms with van der Waals surface area (Å²) in [5.41, 5.74) is 10.6. The highest BCUT2D eigenvalue weighted by Crippen LogP contribution is 2.16. The summed E-state index contributed by atoms with van der Waals surface area (Å²) < 4.78 is 0. The minimum Gasteiger partial charge on any atom is -0.390 e. The minimum absolute atomic E-state index is 0.304. The van der Waals surface area contributed by atoms with Crippen LogP contribution in [-0.4, -0.2) is 24.3 Å². The summed E-state index contributed by atoms with van der Waals surface area (Å²) in [6.07, 6.45) is -0.452. The molecule has 0 aliphatic carbocycles. The van der Waals surface area contributed by atoms with E-state index < -0.39 is 6.10 Å². The standard InChI is InChI=1S/C13H22N2O/c1-9-4-5-12(11(3)10(9)2)7-15-8-13(16)6-14/h4-5,13,15-16H,6-8,14H2,1-3H3. The monoisotopic (exact) mass is 222 g/mol. The Labute approximate surface area is 97.7 Å². The molecule has 0 aromatic heterocycles. The van der Waals surface area contributed by atoms with Crippen molar-refractivity contribution in [3.8, 4) is 0 Å². The largest absolute Gasteiger partial charge is 0.390 e. The summed E-state index contributed by atoms with van der Waals surface area (Å²) in [5.74, 6) is 0. The first kappa shape index (κ1) is 13.2. The van der Waals surface area contributed by atoms with Gasteiger partial charge >= 0.3 is 0 Å². The van der Waals surface area contributed by atoms with Crippen molar-refractivity contribution in [1.82, 2.24) is 5.32 Å². The Bertz CT molecular complexity index is 350. The molecule has 1 atom stereocenters. The predicted molar refractivity (Wildman–Crippen MR) is 67.4 cm³/mol. The summed E-state index contributed by atoms with van der Waals surface area (Å²) in [6.45, 7) is 8.03. The van der Waals surface area contributed by atoms with E-state index in [1.165, 1.54) is 22.3 Å². The quantitative estimate of drug-likeness (QED) is 0.697. The summed E-state index contributed by atoms with van der Waals surface area (Å²) in [4.78, 5) is 0. The number of nitrogens with one attached hydrogen (secondary N) is 1. The Morgan fingerprint density at radius 1 is 1.25 bits per heavy atom. The van der Waals surface area contributed by atoms with Gasteiger partial charge in [-0.25, -0.2) is 0 Å². The zero-order chi connectivity index (χ0) is 12.1. The number of aryl methyl sites for hydroxylation is 1. The summed E-state index contributed by atoms with van der Waals surface area (Å²) >= 11 is 0. The molecule has 16 heavy (non-hydrogen) atoms. The third-order valence-corrected chi connectivity index (χ3v) is 3.14. The lowest BCUT2D eigenvalue weighted by Crippen LogP contribution is -2.32. The fourth-order valence-electron chi connectivity index (χ4n) is 1.66. The molecule has 1 unspecified atom stereocenters. The summed E-state index contributed by atoms with van der Waals surface area (Å²) in [7, 11) is 0. The lowest BCUT2D eigenvalue weighted by atomic mass is 9.99. The number of nitrogens with two attached hydrogens (primary N) is 1. The average Bonchev–Trinajstić information content (AvgIpc) is 2.29. The maximum atomic E-state index is 9.32. The topological polar surface area (TPSA) is 58.3 Å². The van der Waals surface area contributed by atoms with Gasteiger partial charge in [-0.05, 0) is 43.0 Å². The van der Waals surface area contributed by atoms with Crippen LogP contribution >= 0.6 is 0 Å². The molecule has 1 aromatic rings. The molecule has 0 spiro atoms. The fraction of sp³-hybridized carbons (Fsp3) is 0.538. The van der Waals surface area contributed by atoms with Gasteiger partial charge in [0.15, 0.2) is 0 Å². The third kappa shape index (κ3) is 3.30. The zero-order valence-electron chi connectivity index (χ0n) is 10.4. The van der Waals surface area contributed by atoms with Crippen LogP contribution in [0.4, 0.5) is 0 Å². The lowest BCUT2D eigenvalue weighted by molar-refractivity contribution is 0.179. The maximum absolute atomic E-state index is 9.32. The first-order valence-electron chi connectivity index (χ1n) is 5.70. The van der Waals surface area contributed by atoms with Crippen molar-refractivity contribution >= 4 is 0 Å². The molecule has 0 aliphatic heterocycles. The highest BCUT2D eigenvalue weighted by atomic mass is 16.3. The van der Waals surface area contributed by atoms with Crippen LogP contribution in [0.15, 0.2) is 12.1 Å². The SMILES string of the molecule is Cc1ccc(CNCC(O)CN)c(C)c1C. The van der Waals surface area contributed by atoms with Crippen LogP contribution in [0.2, 0.25) is 0 Å². The molecule has 0 heterocycles. The molecule has 0 saturated carbocycles. The van der Waals surface area contributed by atoms with E-state index in [0.717, 1.165) is 6.54 Å². The van der Waals surface area contributed by atoms with Crippen LogP contribution in [0.3, 0.4) is 0 Å². The lowest BCUT2D eigenvalue weighted by Gasteiger charge is -2.13.